The number of fused-ring (bicyclic) bond motifs is 4. The van der Waals surface area contributed by atoms with Gasteiger partial charge >= 0.3 is 5.97 Å². The van der Waals surface area contributed by atoms with Crippen molar-refractivity contribution < 1.29 is 14.3 Å². The van der Waals surface area contributed by atoms with E-state index >= 15 is 0 Å². The van der Waals surface area contributed by atoms with Gasteiger partial charge in [0.15, 0.2) is 0 Å². The van der Waals surface area contributed by atoms with Crippen molar-refractivity contribution in [1.82, 2.24) is 0 Å². The number of esters is 1. The Morgan fingerprint density at radius 2 is 2.19 bits per heavy atom. The molecule has 0 aromatic carbocycles. The molecule has 0 aliphatic heterocycles. The van der Waals surface area contributed by atoms with Gasteiger partial charge in [0.05, 0.1) is 5.92 Å². The van der Waals surface area contributed by atoms with E-state index in [2.05, 4.69) is 0 Å². The summed E-state index contributed by atoms with van der Waals surface area (Å²) < 4.78 is 5.60. The largest absolute Gasteiger partial charge is 0.458 e. The molecule has 4 atom stereocenters. The minimum absolute atomic E-state index is 0.0395. The average Bonchev–Trinajstić information content (AvgIpc) is 2.60. The van der Waals surface area contributed by atoms with E-state index < -0.39 is 0 Å². The van der Waals surface area contributed by atoms with Crippen molar-refractivity contribution in [3.63, 3.8) is 0 Å². The Bertz CT molecular complexity index is 349. The average molecular weight is 222 g/mol. The number of ketones is 1. The third-order valence-corrected chi connectivity index (χ3v) is 4.82. The summed E-state index contributed by atoms with van der Waals surface area (Å²) in [5.41, 5.74) is -0.387. The third-order valence-electron chi connectivity index (χ3n) is 4.82. The van der Waals surface area contributed by atoms with Crippen LogP contribution in [0.4, 0.5) is 0 Å². The van der Waals surface area contributed by atoms with Gasteiger partial charge in [-0.25, -0.2) is 0 Å². The van der Waals surface area contributed by atoms with Crippen molar-refractivity contribution in [2.45, 2.75) is 51.0 Å². The molecule has 3 saturated carbocycles. The Hall–Kier alpha value is -0.860. The molecule has 0 aromatic heterocycles. The summed E-state index contributed by atoms with van der Waals surface area (Å²) in [5.74, 6) is 1.16. The second-order valence-corrected chi connectivity index (χ2v) is 5.55. The zero-order valence-corrected chi connectivity index (χ0v) is 9.70. The molecular weight excluding hydrogens is 204 g/mol. The number of hydrogen-bond donors (Lipinski definition) is 0. The van der Waals surface area contributed by atoms with Gasteiger partial charge in [-0.05, 0) is 31.6 Å². The van der Waals surface area contributed by atoms with E-state index in [9.17, 15) is 9.59 Å². The molecule has 0 heterocycles. The molecule has 16 heavy (non-hydrogen) atoms. The number of rotatable bonds is 1. The summed E-state index contributed by atoms with van der Waals surface area (Å²) in [4.78, 5) is 23.3. The van der Waals surface area contributed by atoms with Crippen LogP contribution in [0.1, 0.15) is 45.4 Å². The molecule has 2 unspecified atom stereocenters. The first-order chi connectivity index (χ1) is 7.65. The van der Waals surface area contributed by atoms with Gasteiger partial charge in [-0.15, -0.1) is 0 Å². The molecule has 3 nitrogen and oxygen atoms in total. The fourth-order valence-electron chi connectivity index (χ4n) is 4.47. The zero-order valence-electron chi connectivity index (χ0n) is 9.70. The number of carbonyl (C=O) groups excluding carboxylic acids is 2. The van der Waals surface area contributed by atoms with E-state index in [1.54, 1.807) is 0 Å². The standard InChI is InChI=1S/C13H18O3/c1-8(14)16-13-7-3-6-11(15)12(13)9-4-2-5-10(9)13/h9-10,12H,2-7H2,1H3/t9?,10?,12-,13-/m1/s1. The van der Waals surface area contributed by atoms with Gasteiger partial charge in [0.1, 0.15) is 11.4 Å². The van der Waals surface area contributed by atoms with Crippen LogP contribution in [-0.4, -0.2) is 17.4 Å². The molecule has 3 aliphatic carbocycles. The van der Waals surface area contributed by atoms with E-state index in [0.717, 1.165) is 25.7 Å². The van der Waals surface area contributed by atoms with Crippen LogP contribution in [0.15, 0.2) is 0 Å². The smallest absolute Gasteiger partial charge is 0.303 e. The maximum absolute atomic E-state index is 12.0. The maximum Gasteiger partial charge on any atom is 0.303 e. The second-order valence-electron chi connectivity index (χ2n) is 5.55. The Labute approximate surface area is 95.5 Å². The predicted octanol–water partition coefficient (Wildman–Crippen LogP) is 2.09. The first kappa shape index (κ1) is 10.3. The van der Waals surface area contributed by atoms with Crippen molar-refractivity contribution in [3.05, 3.63) is 0 Å². The van der Waals surface area contributed by atoms with Crippen LogP contribution in [0.3, 0.4) is 0 Å². The lowest BCUT2D eigenvalue weighted by Crippen LogP contribution is -2.66. The van der Waals surface area contributed by atoms with Crippen molar-refractivity contribution in [2.24, 2.45) is 17.8 Å². The summed E-state index contributed by atoms with van der Waals surface area (Å²) in [6.07, 6.45) is 5.99. The van der Waals surface area contributed by atoms with Gasteiger partial charge in [-0.2, -0.15) is 0 Å². The van der Waals surface area contributed by atoms with Crippen LogP contribution < -0.4 is 0 Å². The first-order valence-corrected chi connectivity index (χ1v) is 6.37. The Kier molecular flexibility index (Phi) is 2.13. The zero-order chi connectivity index (χ0) is 11.3. The van der Waals surface area contributed by atoms with Crippen molar-refractivity contribution >= 4 is 11.8 Å². The van der Waals surface area contributed by atoms with E-state index in [0.29, 0.717) is 24.0 Å². The van der Waals surface area contributed by atoms with Gasteiger partial charge < -0.3 is 4.74 Å². The monoisotopic (exact) mass is 222 g/mol. The molecule has 88 valence electrons. The molecule has 0 bridgehead atoms. The quantitative estimate of drug-likeness (QED) is 0.638. The summed E-state index contributed by atoms with van der Waals surface area (Å²) in [6.45, 7) is 1.47. The highest BCUT2D eigenvalue weighted by atomic mass is 16.6. The molecule has 3 fully saturated rings. The van der Waals surface area contributed by atoms with E-state index in [1.807, 2.05) is 0 Å². The molecule has 0 radical (unpaired) electrons. The van der Waals surface area contributed by atoms with Crippen molar-refractivity contribution in [2.75, 3.05) is 0 Å². The van der Waals surface area contributed by atoms with Gasteiger partial charge in [0.25, 0.3) is 0 Å². The second kappa shape index (κ2) is 3.31. The van der Waals surface area contributed by atoms with Gasteiger partial charge in [-0.1, -0.05) is 6.42 Å². The van der Waals surface area contributed by atoms with Crippen LogP contribution in [0.5, 0.6) is 0 Å². The Morgan fingerprint density at radius 1 is 1.38 bits per heavy atom. The fourth-order valence-corrected chi connectivity index (χ4v) is 4.47. The van der Waals surface area contributed by atoms with E-state index in [4.69, 9.17) is 4.74 Å². The molecule has 0 spiro atoms. The van der Waals surface area contributed by atoms with Gasteiger partial charge in [-0.3, -0.25) is 9.59 Å². The molecule has 3 rings (SSSR count). The summed E-state index contributed by atoms with van der Waals surface area (Å²) in [7, 11) is 0. The number of carbonyl (C=O) groups is 2. The lowest BCUT2D eigenvalue weighted by molar-refractivity contribution is -0.225. The first-order valence-electron chi connectivity index (χ1n) is 6.37. The molecule has 0 aromatic rings. The Balaban J connectivity index is 1.92. The SMILES string of the molecule is CC(=O)O[C@@]12CCCC(=O)[C@H]1C1CCCC12. The molecule has 0 amide bonds. The number of Topliss-reactive ketones (excluding diaryl/α,β-unsaturated/α-hetero) is 1. The Morgan fingerprint density at radius 3 is 2.94 bits per heavy atom. The third kappa shape index (κ3) is 1.14. The van der Waals surface area contributed by atoms with Gasteiger partial charge in [0.2, 0.25) is 0 Å². The summed E-state index contributed by atoms with van der Waals surface area (Å²) in [5, 5.41) is 0. The highest BCUT2D eigenvalue weighted by Crippen LogP contribution is 2.63. The number of ether oxygens (including phenoxy) is 1. The van der Waals surface area contributed by atoms with Crippen molar-refractivity contribution in [3.8, 4) is 0 Å². The normalized spacial score (nSPS) is 45.6. The molecular formula is C13H18O3. The lowest BCUT2D eigenvalue weighted by atomic mass is 9.49. The molecule has 3 heteroatoms. The summed E-state index contributed by atoms with van der Waals surface area (Å²) in [6, 6.07) is 0. The maximum atomic E-state index is 12.0. The molecule has 0 N–H and O–H groups in total. The minimum Gasteiger partial charge on any atom is -0.458 e. The van der Waals surface area contributed by atoms with Crippen LogP contribution >= 0.6 is 0 Å². The number of hydrogen-bond acceptors (Lipinski definition) is 3. The fraction of sp³-hybridized carbons (Fsp3) is 0.846. The molecule has 3 aliphatic rings. The molecule has 0 saturated heterocycles. The van der Waals surface area contributed by atoms with Crippen LogP contribution in [0, 0.1) is 17.8 Å². The van der Waals surface area contributed by atoms with Crippen molar-refractivity contribution in [1.29, 1.82) is 0 Å². The predicted molar refractivity (Wildman–Crippen MR) is 57.7 cm³/mol. The van der Waals surface area contributed by atoms with E-state index in [1.165, 1.54) is 13.3 Å². The summed E-state index contributed by atoms with van der Waals surface area (Å²) >= 11 is 0. The van der Waals surface area contributed by atoms with Crippen LogP contribution in [-0.2, 0) is 14.3 Å². The van der Waals surface area contributed by atoms with Crippen LogP contribution in [0.25, 0.3) is 0 Å². The minimum atomic E-state index is -0.387. The highest BCUT2D eigenvalue weighted by molar-refractivity contribution is 5.85. The van der Waals surface area contributed by atoms with Crippen LogP contribution in [0.2, 0.25) is 0 Å². The van der Waals surface area contributed by atoms with E-state index in [-0.39, 0.29) is 17.5 Å². The lowest BCUT2D eigenvalue weighted by Gasteiger charge is -2.59. The van der Waals surface area contributed by atoms with Gasteiger partial charge in [0, 0.05) is 19.3 Å². The topological polar surface area (TPSA) is 43.4 Å². The highest BCUT2D eigenvalue weighted by Gasteiger charge is 2.68.